The fourth-order valence-electron chi connectivity index (χ4n) is 2.55. The summed E-state index contributed by atoms with van der Waals surface area (Å²) in [5.41, 5.74) is 0.153. The standard InChI is InChI=1S/C12H25NO2S/c1-9(2)16(14,15)11-8-12(3,4)7-6-10(11)13-5/h9-11,13H,6-8H2,1-5H3. The molecule has 1 fully saturated rings. The summed E-state index contributed by atoms with van der Waals surface area (Å²) in [5, 5.41) is 2.68. The van der Waals surface area contributed by atoms with Crippen molar-refractivity contribution in [2.24, 2.45) is 5.41 Å². The van der Waals surface area contributed by atoms with Crippen molar-refractivity contribution < 1.29 is 8.42 Å². The van der Waals surface area contributed by atoms with Gasteiger partial charge in [-0.3, -0.25) is 0 Å². The molecule has 1 saturated carbocycles. The van der Waals surface area contributed by atoms with Crippen LogP contribution in [0.3, 0.4) is 0 Å². The Morgan fingerprint density at radius 1 is 1.31 bits per heavy atom. The van der Waals surface area contributed by atoms with Crippen molar-refractivity contribution in [1.82, 2.24) is 5.32 Å². The minimum Gasteiger partial charge on any atom is -0.316 e. The molecule has 3 nitrogen and oxygen atoms in total. The molecule has 1 N–H and O–H groups in total. The molecule has 2 atom stereocenters. The Labute approximate surface area is 99.9 Å². The van der Waals surface area contributed by atoms with Gasteiger partial charge in [-0.05, 0) is 45.6 Å². The maximum absolute atomic E-state index is 12.3. The first-order valence-electron chi connectivity index (χ1n) is 6.11. The van der Waals surface area contributed by atoms with Gasteiger partial charge in [0.05, 0.1) is 10.5 Å². The van der Waals surface area contributed by atoms with Crippen LogP contribution in [0.5, 0.6) is 0 Å². The van der Waals surface area contributed by atoms with Gasteiger partial charge in [0.1, 0.15) is 0 Å². The molecule has 1 aliphatic carbocycles. The van der Waals surface area contributed by atoms with Crippen LogP contribution in [0, 0.1) is 5.41 Å². The van der Waals surface area contributed by atoms with Crippen molar-refractivity contribution in [3.8, 4) is 0 Å². The summed E-state index contributed by atoms with van der Waals surface area (Å²) >= 11 is 0. The lowest BCUT2D eigenvalue weighted by molar-refractivity contribution is 0.213. The third kappa shape index (κ3) is 2.77. The topological polar surface area (TPSA) is 46.2 Å². The highest BCUT2D eigenvalue weighted by atomic mass is 32.2. The smallest absolute Gasteiger partial charge is 0.157 e. The fourth-order valence-corrected chi connectivity index (χ4v) is 4.66. The molecule has 0 aromatic heterocycles. The van der Waals surface area contributed by atoms with Crippen molar-refractivity contribution in [1.29, 1.82) is 0 Å². The summed E-state index contributed by atoms with van der Waals surface area (Å²) < 4.78 is 24.6. The van der Waals surface area contributed by atoms with E-state index >= 15 is 0 Å². The van der Waals surface area contributed by atoms with E-state index in [2.05, 4.69) is 19.2 Å². The van der Waals surface area contributed by atoms with E-state index in [1.54, 1.807) is 13.8 Å². The van der Waals surface area contributed by atoms with E-state index in [0.717, 1.165) is 19.3 Å². The van der Waals surface area contributed by atoms with Crippen LogP contribution in [0.4, 0.5) is 0 Å². The van der Waals surface area contributed by atoms with E-state index < -0.39 is 9.84 Å². The lowest BCUT2D eigenvalue weighted by Crippen LogP contribution is -2.50. The van der Waals surface area contributed by atoms with E-state index in [0.29, 0.717) is 0 Å². The average molecular weight is 247 g/mol. The predicted octanol–water partition coefficient (Wildman–Crippen LogP) is 1.98. The molecule has 0 saturated heterocycles. The van der Waals surface area contributed by atoms with Crippen molar-refractivity contribution in [2.45, 2.75) is 63.5 Å². The lowest BCUT2D eigenvalue weighted by atomic mass is 9.75. The highest BCUT2D eigenvalue weighted by Gasteiger charge is 2.42. The third-order valence-corrected chi connectivity index (χ3v) is 6.44. The van der Waals surface area contributed by atoms with Crippen molar-refractivity contribution in [3.63, 3.8) is 0 Å². The normalized spacial score (nSPS) is 30.6. The quantitative estimate of drug-likeness (QED) is 0.829. The van der Waals surface area contributed by atoms with Gasteiger partial charge in [-0.15, -0.1) is 0 Å². The van der Waals surface area contributed by atoms with Gasteiger partial charge in [0.25, 0.3) is 0 Å². The molecule has 0 aromatic carbocycles. The van der Waals surface area contributed by atoms with E-state index in [1.165, 1.54) is 0 Å². The van der Waals surface area contributed by atoms with Crippen molar-refractivity contribution in [3.05, 3.63) is 0 Å². The van der Waals surface area contributed by atoms with Crippen LogP contribution in [0.25, 0.3) is 0 Å². The van der Waals surface area contributed by atoms with Crippen LogP contribution >= 0.6 is 0 Å². The summed E-state index contributed by atoms with van der Waals surface area (Å²) in [7, 11) is -1.13. The molecule has 0 aromatic rings. The van der Waals surface area contributed by atoms with Gasteiger partial charge in [0.2, 0.25) is 0 Å². The Kier molecular flexibility index (Phi) is 4.06. The van der Waals surface area contributed by atoms with E-state index in [9.17, 15) is 8.42 Å². The van der Waals surface area contributed by atoms with Gasteiger partial charge in [-0.2, -0.15) is 0 Å². The van der Waals surface area contributed by atoms with E-state index in [1.807, 2.05) is 7.05 Å². The van der Waals surface area contributed by atoms with Crippen LogP contribution < -0.4 is 5.32 Å². The van der Waals surface area contributed by atoms with Gasteiger partial charge in [0.15, 0.2) is 9.84 Å². The molecular formula is C12H25NO2S. The number of sulfone groups is 1. The van der Waals surface area contributed by atoms with Crippen molar-refractivity contribution >= 4 is 9.84 Å². The molecule has 0 radical (unpaired) electrons. The van der Waals surface area contributed by atoms with Crippen molar-refractivity contribution in [2.75, 3.05) is 7.05 Å². The SMILES string of the molecule is CNC1CCC(C)(C)CC1S(=O)(=O)C(C)C. The molecule has 4 heteroatoms. The maximum atomic E-state index is 12.3. The monoisotopic (exact) mass is 247 g/mol. The Hall–Kier alpha value is -0.0900. The second-order valence-corrected chi connectivity index (χ2v) is 8.70. The molecule has 96 valence electrons. The first-order valence-corrected chi connectivity index (χ1v) is 7.71. The Balaban J connectivity index is 2.98. The van der Waals surface area contributed by atoms with Gasteiger partial charge in [0, 0.05) is 6.04 Å². The first kappa shape index (κ1) is 14.0. The highest BCUT2D eigenvalue weighted by molar-refractivity contribution is 7.92. The Bertz CT molecular complexity index is 333. The molecule has 0 amide bonds. The van der Waals surface area contributed by atoms with Gasteiger partial charge < -0.3 is 5.32 Å². The second-order valence-electron chi connectivity index (χ2n) is 5.98. The number of hydrogen-bond donors (Lipinski definition) is 1. The second kappa shape index (κ2) is 4.65. The zero-order valence-corrected chi connectivity index (χ0v) is 11.9. The van der Waals surface area contributed by atoms with E-state index in [-0.39, 0.29) is 22.0 Å². The lowest BCUT2D eigenvalue weighted by Gasteiger charge is -2.40. The summed E-state index contributed by atoms with van der Waals surface area (Å²) in [6.07, 6.45) is 2.84. The minimum atomic E-state index is -2.99. The summed E-state index contributed by atoms with van der Waals surface area (Å²) in [6, 6.07) is 0.125. The maximum Gasteiger partial charge on any atom is 0.157 e. The molecule has 0 bridgehead atoms. The number of rotatable bonds is 3. The Morgan fingerprint density at radius 3 is 2.31 bits per heavy atom. The Morgan fingerprint density at radius 2 is 1.88 bits per heavy atom. The largest absolute Gasteiger partial charge is 0.316 e. The van der Waals surface area contributed by atoms with Gasteiger partial charge in [-0.1, -0.05) is 13.8 Å². The third-order valence-electron chi connectivity index (χ3n) is 3.78. The van der Waals surface area contributed by atoms with Crippen LogP contribution in [0.1, 0.15) is 47.0 Å². The molecule has 16 heavy (non-hydrogen) atoms. The molecule has 1 aliphatic rings. The molecule has 0 aliphatic heterocycles. The molecule has 0 spiro atoms. The van der Waals surface area contributed by atoms with Gasteiger partial charge >= 0.3 is 0 Å². The number of hydrogen-bond acceptors (Lipinski definition) is 3. The zero-order valence-electron chi connectivity index (χ0n) is 11.1. The summed E-state index contributed by atoms with van der Waals surface area (Å²) in [5.74, 6) is 0. The van der Waals surface area contributed by atoms with Crippen LogP contribution in [-0.2, 0) is 9.84 Å². The molecular weight excluding hydrogens is 222 g/mol. The highest BCUT2D eigenvalue weighted by Crippen LogP contribution is 2.39. The average Bonchev–Trinajstić information content (AvgIpc) is 2.16. The minimum absolute atomic E-state index is 0.125. The summed E-state index contributed by atoms with van der Waals surface area (Å²) in [6.45, 7) is 7.90. The molecule has 1 rings (SSSR count). The number of nitrogens with one attached hydrogen (secondary N) is 1. The predicted molar refractivity (Wildman–Crippen MR) is 68.3 cm³/mol. The molecule has 0 heterocycles. The summed E-state index contributed by atoms with van der Waals surface area (Å²) in [4.78, 5) is 0. The van der Waals surface area contributed by atoms with E-state index in [4.69, 9.17) is 0 Å². The van der Waals surface area contributed by atoms with Crippen LogP contribution in [0.2, 0.25) is 0 Å². The van der Waals surface area contributed by atoms with Gasteiger partial charge in [-0.25, -0.2) is 8.42 Å². The zero-order chi connectivity index (χ0) is 12.6. The van der Waals surface area contributed by atoms with Crippen LogP contribution in [-0.4, -0.2) is 32.0 Å². The van der Waals surface area contributed by atoms with Crippen LogP contribution in [0.15, 0.2) is 0 Å². The fraction of sp³-hybridized carbons (Fsp3) is 1.00. The first-order chi connectivity index (χ1) is 7.20. The molecule has 2 unspecified atom stereocenters.